The fourth-order valence-electron chi connectivity index (χ4n) is 2.89. The van der Waals surface area contributed by atoms with E-state index in [2.05, 4.69) is 0 Å². The molecule has 0 aliphatic carbocycles. The van der Waals surface area contributed by atoms with Gasteiger partial charge >= 0.3 is 11.9 Å². The number of anilines is 1. The summed E-state index contributed by atoms with van der Waals surface area (Å²) in [4.78, 5) is 38.4. The molecular weight excluding hydrogens is 290 g/mol. The molecule has 2 heterocycles. The highest BCUT2D eigenvalue weighted by Gasteiger charge is 2.64. The number of ether oxygens (including phenoxy) is 3. The molecule has 1 aromatic rings. The zero-order chi connectivity index (χ0) is 16.1. The molecule has 0 aromatic heterocycles. The van der Waals surface area contributed by atoms with Crippen LogP contribution in [0.4, 0.5) is 5.69 Å². The van der Waals surface area contributed by atoms with E-state index >= 15 is 0 Å². The number of hydrogen-bond donors (Lipinski definition) is 0. The second-order valence-corrected chi connectivity index (χ2v) is 4.85. The summed E-state index contributed by atoms with van der Waals surface area (Å²) in [5.41, 5.74) is -1.12. The Kier molecular flexibility index (Phi) is 2.94. The van der Waals surface area contributed by atoms with Crippen LogP contribution in [0.2, 0.25) is 0 Å². The van der Waals surface area contributed by atoms with Crippen molar-refractivity contribution < 1.29 is 28.6 Å². The predicted molar refractivity (Wildman–Crippen MR) is 73.7 cm³/mol. The quantitative estimate of drug-likeness (QED) is 0.740. The van der Waals surface area contributed by atoms with Gasteiger partial charge in [0, 0.05) is 12.6 Å². The summed E-state index contributed by atoms with van der Waals surface area (Å²) >= 11 is 0. The number of methoxy groups -OCH3 is 2. The third-order valence-corrected chi connectivity index (χ3v) is 3.85. The van der Waals surface area contributed by atoms with Gasteiger partial charge in [-0.25, -0.2) is 9.59 Å². The van der Waals surface area contributed by atoms with Crippen LogP contribution in [0.1, 0.15) is 5.56 Å². The molecule has 1 amide bonds. The van der Waals surface area contributed by atoms with Crippen molar-refractivity contribution >= 4 is 23.5 Å². The summed E-state index contributed by atoms with van der Waals surface area (Å²) in [6.45, 7) is 0. The molecule has 0 bridgehead atoms. The first-order chi connectivity index (χ1) is 10.5. The normalized spacial score (nSPS) is 23.0. The van der Waals surface area contributed by atoms with Gasteiger partial charge in [0.25, 0.3) is 11.5 Å². The second kappa shape index (κ2) is 4.59. The minimum Gasteiger partial charge on any atom is -0.489 e. The number of likely N-dealkylation sites (N-methyl/N-ethyl adjacent to an activating group) is 1. The van der Waals surface area contributed by atoms with Gasteiger partial charge in [0.15, 0.2) is 0 Å². The standard InChI is InChI=1S/C15H13NO6/c1-16-9-7-5-4-6-8(9)15(14(16)19)10(12(17)21-3)11(20-2)13(18)22-15/h4-7H,1-3H3. The maximum absolute atomic E-state index is 12.8. The smallest absolute Gasteiger partial charge is 0.376 e. The van der Waals surface area contributed by atoms with E-state index in [1.54, 1.807) is 31.3 Å². The first-order valence-corrected chi connectivity index (χ1v) is 6.47. The van der Waals surface area contributed by atoms with E-state index in [1.165, 1.54) is 12.0 Å². The molecule has 1 atom stereocenters. The number of hydrogen-bond acceptors (Lipinski definition) is 6. The summed E-state index contributed by atoms with van der Waals surface area (Å²) in [6.07, 6.45) is 0. The number of nitrogens with zero attached hydrogens (tertiary/aromatic N) is 1. The third kappa shape index (κ3) is 1.47. The van der Waals surface area contributed by atoms with Crippen molar-refractivity contribution in [3.05, 3.63) is 41.2 Å². The number of carbonyl (C=O) groups is 3. The highest BCUT2D eigenvalue weighted by molar-refractivity contribution is 6.19. The number of rotatable bonds is 2. The lowest BCUT2D eigenvalue weighted by Crippen LogP contribution is -2.42. The molecule has 2 aliphatic rings. The molecule has 114 valence electrons. The first-order valence-electron chi connectivity index (χ1n) is 6.47. The fraction of sp³-hybridized carbons (Fsp3) is 0.267. The lowest BCUT2D eigenvalue weighted by Gasteiger charge is -2.23. The summed E-state index contributed by atoms with van der Waals surface area (Å²) in [6, 6.07) is 6.78. The van der Waals surface area contributed by atoms with Crippen molar-refractivity contribution in [3.63, 3.8) is 0 Å². The van der Waals surface area contributed by atoms with Gasteiger partial charge in [-0.2, -0.15) is 0 Å². The topological polar surface area (TPSA) is 82.1 Å². The van der Waals surface area contributed by atoms with E-state index in [9.17, 15) is 14.4 Å². The number of amides is 1. The molecule has 0 saturated heterocycles. The van der Waals surface area contributed by atoms with Crippen LogP contribution in [0, 0.1) is 0 Å². The Morgan fingerprint density at radius 1 is 1.23 bits per heavy atom. The number of esters is 2. The minimum atomic E-state index is -1.85. The molecule has 0 saturated carbocycles. The average molecular weight is 303 g/mol. The maximum atomic E-state index is 12.8. The van der Waals surface area contributed by atoms with Crippen LogP contribution in [-0.4, -0.2) is 39.1 Å². The Morgan fingerprint density at radius 2 is 1.91 bits per heavy atom. The van der Waals surface area contributed by atoms with Gasteiger partial charge in [-0.05, 0) is 6.07 Å². The van der Waals surface area contributed by atoms with Crippen molar-refractivity contribution in [2.45, 2.75) is 5.60 Å². The zero-order valence-corrected chi connectivity index (χ0v) is 12.2. The van der Waals surface area contributed by atoms with E-state index < -0.39 is 23.4 Å². The van der Waals surface area contributed by atoms with Gasteiger partial charge in [-0.1, -0.05) is 18.2 Å². The highest BCUT2D eigenvalue weighted by Crippen LogP contribution is 2.51. The van der Waals surface area contributed by atoms with Gasteiger partial charge < -0.3 is 19.1 Å². The van der Waals surface area contributed by atoms with Gasteiger partial charge in [-0.3, -0.25) is 4.79 Å². The molecular formula is C15H13NO6. The van der Waals surface area contributed by atoms with Gasteiger partial charge in [0.2, 0.25) is 5.76 Å². The number of benzene rings is 1. The first kappa shape index (κ1) is 14.1. The Balaban J connectivity index is 2.34. The van der Waals surface area contributed by atoms with E-state index in [0.717, 1.165) is 7.11 Å². The molecule has 0 fully saturated rings. The molecule has 1 unspecified atom stereocenters. The molecule has 3 rings (SSSR count). The SMILES string of the molecule is COC(=O)C1=C(OC)C(=O)OC12C(=O)N(C)c1ccccc12. The Morgan fingerprint density at radius 3 is 2.55 bits per heavy atom. The van der Waals surface area contributed by atoms with Crippen molar-refractivity contribution in [1.29, 1.82) is 0 Å². The molecule has 22 heavy (non-hydrogen) atoms. The van der Waals surface area contributed by atoms with Crippen LogP contribution in [0.3, 0.4) is 0 Å². The van der Waals surface area contributed by atoms with Crippen LogP contribution in [0.25, 0.3) is 0 Å². The van der Waals surface area contributed by atoms with Gasteiger partial charge in [-0.15, -0.1) is 0 Å². The van der Waals surface area contributed by atoms with Crippen LogP contribution in [0.15, 0.2) is 35.6 Å². The fourth-order valence-corrected chi connectivity index (χ4v) is 2.89. The molecule has 0 radical (unpaired) electrons. The van der Waals surface area contributed by atoms with E-state index in [1.807, 2.05) is 0 Å². The van der Waals surface area contributed by atoms with Crippen molar-refractivity contribution in [2.75, 3.05) is 26.2 Å². The number of fused-ring (bicyclic) bond motifs is 2. The summed E-state index contributed by atoms with van der Waals surface area (Å²) in [5, 5.41) is 0. The lowest BCUT2D eigenvalue weighted by molar-refractivity contribution is -0.158. The van der Waals surface area contributed by atoms with Crippen LogP contribution < -0.4 is 4.90 Å². The highest BCUT2D eigenvalue weighted by atomic mass is 16.6. The van der Waals surface area contributed by atoms with Crippen molar-refractivity contribution in [3.8, 4) is 0 Å². The lowest BCUT2D eigenvalue weighted by atomic mass is 9.87. The third-order valence-electron chi connectivity index (χ3n) is 3.85. The molecule has 2 aliphatic heterocycles. The van der Waals surface area contributed by atoms with Crippen LogP contribution in [0.5, 0.6) is 0 Å². The Bertz CT molecular complexity index is 737. The molecule has 1 spiro atoms. The molecule has 0 N–H and O–H groups in total. The predicted octanol–water partition coefficient (Wildman–Crippen LogP) is 0.489. The van der Waals surface area contributed by atoms with Crippen LogP contribution in [-0.2, 0) is 34.2 Å². The number of carbonyl (C=O) groups excluding carboxylic acids is 3. The Labute approximate surface area is 126 Å². The summed E-state index contributed by atoms with van der Waals surface area (Å²) in [7, 11) is 3.94. The Hall–Kier alpha value is -2.83. The largest absolute Gasteiger partial charge is 0.489 e. The van der Waals surface area contributed by atoms with E-state index in [-0.39, 0.29) is 11.3 Å². The van der Waals surface area contributed by atoms with Crippen LogP contribution >= 0.6 is 0 Å². The molecule has 7 nitrogen and oxygen atoms in total. The minimum absolute atomic E-state index is 0.232. The van der Waals surface area contributed by atoms with Crippen molar-refractivity contribution in [2.24, 2.45) is 0 Å². The summed E-state index contributed by atoms with van der Waals surface area (Å²) < 4.78 is 15.0. The molecule has 1 aromatic carbocycles. The van der Waals surface area contributed by atoms with E-state index in [4.69, 9.17) is 14.2 Å². The zero-order valence-electron chi connectivity index (χ0n) is 12.2. The monoisotopic (exact) mass is 303 g/mol. The van der Waals surface area contributed by atoms with Crippen molar-refractivity contribution in [1.82, 2.24) is 0 Å². The molecule has 7 heteroatoms. The maximum Gasteiger partial charge on any atom is 0.376 e. The average Bonchev–Trinajstić information content (AvgIpc) is 2.95. The second-order valence-electron chi connectivity index (χ2n) is 4.85. The summed E-state index contributed by atoms with van der Waals surface area (Å²) in [5.74, 6) is -2.58. The van der Waals surface area contributed by atoms with Gasteiger partial charge in [0.05, 0.1) is 19.9 Å². The van der Waals surface area contributed by atoms with E-state index in [0.29, 0.717) is 11.3 Å². The van der Waals surface area contributed by atoms with Gasteiger partial charge in [0.1, 0.15) is 5.57 Å². The number of para-hydroxylation sites is 1.